The van der Waals surface area contributed by atoms with Gasteiger partial charge in [0.05, 0.1) is 13.4 Å². The largest absolute Gasteiger partial charge is 0.487 e. The van der Waals surface area contributed by atoms with Crippen LogP contribution in [0, 0.1) is 11.6 Å². The number of hydrogen-bond acceptors (Lipinski definition) is 4. The van der Waals surface area contributed by atoms with Crippen molar-refractivity contribution in [2.45, 2.75) is 0 Å². The lowest BCUT2D eigenvalue weighted by molar-refractivity contribution is 0.350. The summed E-state index contributed by atoms with van der Waals surface area (Å²) in [5, 5.41) is 0. The smallest absolute Gasteiger partial charge is 0.297 e. The van der Waals surface area contributed by atoms with Gasteiger partial charge in [-0.2, -0.15) is 4.39 Å². The molecule has 19 heavy (non-hydrogen) atoms. The minimum atomic E-state index is -1.19. The zero-order valence-electron chi connectivity index (χ0n) is 9.54. The molecule has 100 valence electrons. The summed E-state index contributed by atoms with van der Waals surface area (Å²) in [5.74, 6) is -3.19. The third-order valence-corrected chi connectivity index (χ3v) is 2.61. The molecule has 8 heteroatoms. The number of aromatic amines is 1. The fraction of sp³-hybridized carbons (Fsp3) is 0.0909. The molecule has 0 aliphatic carbocycles. The van der Waals surface area contributed by atoms with E-state index in [2.05, 4.69) is 25.9 Å². The number of rotatable bonds is 3. The number of nitrogens with zero attached hydrogens (tertiary/aromatic N) is 1. The van der Waals surface area contributed by atoms with Gasteiger partial charge in [0, 0.05) is 4.47 Å². The highest BCUT2D eigenvalue weighted by Crippen LogP contribution is 2.31. The molecule has 0 bridgehead atoms. The number of methoxy groups -OCH3 is 1. The van der Waals surface area contributed by atoms with E-state index in [1.54, 1.807) is 0 Å². The Labute approximate surface area is 114 Å². The fourth-order valence-electron chi connectivity index (χ4n) is 1.33. The summed E-state index contributed by atoms with van der Waals surface area (Å²) < 4.78 is 36.9. The van der Waals surface area contributed by atoms with Crippen LogP contribution < -0.4 is 15.0 Å². The highest BCUT2D eigenvalue weighted by molar-refractivity contribution is 9.10. The normalized spacial score (nSPS) is 10.3. The Morgan fingerprint density at radius 2 is 2.11 bits per heavy atom. The summed E-state index contributed by atoms with van der Waals surface area (Å²) in [5.41, 5.74) is -0.594. The van der Waals surface area contributed by atoms with Crippen LogP contribution in [-0.4, -0.2) is 17.1 Å². The minimum Gasteiger partial charge on any atom is -0.487 e. The first-order valence-electron chi connectivity index (χ1n) is 4.97. The van der Waals surface area contributed by atoms with E-state index in [9.17, 15) is 13.6 Å². The topological polar surface area (TPSA) is 64.2 Å². The van der Waals surface area contributed by atoms with E-state index in [1.165, 1.54) is 13.2 Å². The molecule has 5 nitrogen and oxygen atoms in total. The summed E-state index contributed by atoms with van der Waals surface area (Å²) in [4.78, 5) is 17.4. The average molecular weight is 333 g/mol. The molecule has 1 N–H and O–H groups in total. The van der Waals surface area contributed by atoms with Gasteiger partial charge < -0.3 is 14.5 Å². The predicted octanol–water partition coefficient (Wildman–Crippen LogP) is 2.61. The first-order valence-corrected chi connectivity index (χ1v) is 5.76. The first-order chi connectivity index (χ1) is 9.02. The molecule has 1 heterocycles. The van der Waals surface area contributed by atoms with Crippen LogP contribution in [-0.2, 0) is 0 Å². The van der Waals surface area contributed by atoms with Crippen LogP contribution in [0.5, 0.6) is 17.4 Å². The standard InChI is InChI=1S/C11H7BrF2N2O3/c1-18-9-10(17)15-4-16-11(9)19-7-3-5(12)2-6(13)8(7)14/h2-4H,1H3,(H,15,16,17). The molecule has 0 saturated carbocycles. The Balaban J connectivity index is 2.48. The molecule has 0 amide bonds. The van der Waals surface area contributed by atoms with Crippen LogP contribution in [0.15, 0.2) is 27.7 Å². The van der Waals surface area contributed by atoms with E-state index in [0.29, 0.717) is 0 Å². The van der Waals surface area contributed by atoms with Crippen molar-refractivity contribution in [1.82, 2.24) is 9.97 Å². The van der Waals surface area contributed by atoms with E-state index in [0.717, 1.165) is 12.4 Å². The van der Waals surface area contributed by atoms with Crippen LogP contribution in [0.4, 0.5) is 8.78 Å². The Bertz CT molecular complexity index is 675. The minimum absolute atomic E-state index is 0.234. The number of H-pyrrole nitrogens is 1. The van der Waals surface area contributed by atoms with Gasteiger partial charge in [0.1, 0.15) is 0 Å². The van der Waals surface area contributed by atoms with Crippen molar-refractivity contribution in [3.8, 4) is 17.4 Å². The molecule has 0 saturated heterocycles. The van der Waals surface area contributed by atoms with Gasteiger partial charge in [0.15, 0.2) is 11.6 Å². The second-order valence-corrected chi connectivity index (χ2v) is 4.29. The Morgan fingerprint density at radius 3 is 2.79 bits per heavy atom. The van der Waals surface area contributed by atoms with Crippen molar-refractivity contribution in [2.24, 2.45) is 0 Å². The number of aromatic nitrogens is 2. The number of ether oxygens (including phenoxy) is 2. The third-order valence-electron chi connectivity index (χ3n) is 2.15. The van der Waals surface area contributed by atoms with Gasteiger partial charge in [-0.05, 0) is 12.1 Å². The van der Waals surface area contributed by atoms with Gasteiger partial charge in [0.25, 0.3) is 11.4 Å². The van der Waals surface area contributed by atoms with Crippen molar-refractivity contribution >= 4 is 15.9 Å². The van der Waals surface area contributed by atoms with Gasteiger partial charge >= 0.3 is 0 Å². The Morgan fingerprint density at radius 1 is 1.37 bits per heavy atom. The maximum Gasteiger partial charge on any atom is 0.297 e. The second kappa shape index (κ2) is 5.35. The van der Waals surface area contributed by atoms with Crippen molar-refractivity contribution in [3.63, 3.8) is 0 Å². The molecule has 0 aliphatic heterocycles. The summed E-state index contributed by atoms with van der Waals surface area (Å²) in [6.07, 6.45) is 1.06. The van der Waals surface area contributed by atoms with Crippen LogP contribution in [0.3, 0.4) is 0 Å². The lowest BCUT2D eigenvalue weighted by Crippen LogP contribution is -2.11. The molecular formula is C11H7BrF2N2O3. The van der Waals surface area contributed by atoms with Crippen LogP contribution >= 0.6 is 15.9 Å². The number of hydrogen-bond donors (Lipinski definition) is 1. The van der Waals surface area contributed by atoms with Crippen LogP contribution in [0.25, 0.3) is 0 Å². The number of halogens is 3. The summed E-state index contributed by atoms with van der Waals surface area (Å²) >= 11 is 3.00. The Hall–Kier alpha value is -1.96. The molecule has 0 atom stereocenters. The second-order valence-electron chi connectivity index (χ2n) is 3.37. The fourth-order valence-corrected chi connectivity index (χ4v) is 1.74. The Kier molecular flexibility index (Phi) is 3.79. The first kappa shape index (κ1) is 13.5. The molecular weight excluding hydrogens is 326 g/mol. The summed E-state index contributed by atoms with van der Waals surface area (Å²) in [6.45, 7) is 0. The molecule has 0 aliphatic rings. The zero-order chi connectivity index (χ0) is 14.0. The molecule has 2 rings (SSSR count). The highest BCUT2D eigenvalue weighted by Gasteiger charge is 2.16. The molecule has 0 spiro atoms. The summed E-state index contributed by atoms with van der Waals surface area (Å²) in [7, 11) is 1.23. The average Bonchev–Trinajstić information content (AvgIpc) is 2.35. The van der Waals surface area contributed by atoms with Gasteiger partial charge in [-0.1, -0.05) is 15.9 Å². The summed E-state index contributed by atoms with van der Waals surface area (Å²) in [6, 6.07) is 2.16. The van der Waals surface area contributed by atoms with Gasteiger partial charge in [-0.15, -0.1) is 0 Å². The van der Waals surface area contributed by atoms with E-state index >= 15 is 0 Å². The lowest BCUT2D eigenvalue weighted by atomic mass is 10.3. The van der Waals surface area contributed by atoms with E-state index < -0.39 is 22.9 Å². The van der Waals surface area contributed by atoms with Crippen LogP contribution in [0.1, 0.15) is 0 Å². The van der Waals surface area contributed by atoms with Crippen molar-refractivity contribution < 1.29 is 18.3 Å². The molecule has 0 fully saturated rings. The van der Waals surface area contributed by atoms with E-state index in [-0.39, 0.29) is 16.1 Å². The zero-order valence-corrected chi connectivity index (χ0v) is 11.1. The lowest BCUT2D eigenvalue weighted by Gasteiger charge is -2.09. The monoisotopic (exact) mass is 332 g/mol. The SMILES string of the molecule is COc1c(Oc2cc(Br)cc(F)c2F)nc[nH]c1=O. The van der Waals surface area contributed by atoms with Gasteiger partial charge in [-0.3, -0.25) is 4.79 Å². The predicted molar refractivity (Wildman–Crippen MR) is 65.5 cm³/mol. The van der Waals surface area contributed by atoms with E-state index in [4.69, 9.17) is 9.47 Å². The molecule has 0 radical (unpaired) electrons. The van der Waals surface area contributed by atoms with Crippen molar-refractivity contribution in [2.75, 3.05) is 7.11 Å². The molecule has 1 aromatic heterocycles. The van der Waals surface area contributed by atoms with Gasteiger partial charge in [-0.25, -0.2) is 9.37 Å². The number of benzene rings is 1. The van der Waals surface area contributed by atoms with Crippen molar-refractivity contribution in [1.29, 1.82) is 0 Å². The molecule has 1 aromatic carbocycles. The van der Waals surface area contributed by atoms with Crippen molar-refractivity contribution in [3.05, 3.63) is 44.9 Å². The quantitative estimate of drug-likeness (QED) is 0.877. The molecule has 0 unspecified atom stereocenters. The van der Waals surface area contributed by atoms with E-state index in [1.807, 2.05) is 0 Å². The third kappa shape index (κ3) is 2.73. The maximum absolute atomic E-state index is 13.5. The maximum atomic E-state index is 13.5. The number of nitrogens with one attached hydrogen (secondary N) is 1. The van der Waals surface area contributed by atoms with Gasteiger partial charge in [0.2, 0.25) is 11.6 Å². The van der Waals surface area contributed by atoms with Crippen LogP contribution in [0.2, 0.25) is 0 Å². The molecule has 2 aromatic rings. The highest BCUT2D eigenvalue weighted by atomic mass is 79.9.